The number of aromatic nitrogens is 2. The molecule has 0 saturated heterocycles. The van der Waals surface area contributed by atoms with E-state index in [1.807, 2.05) is 13.0 Å². The predicted octanol–water partition coefficient (Wildman–Crippen LogP) is 8.74. The first-order chi connectivity index (χ1) is 16.7. The van der Waals surface area contributed by atoms with Crippen LogP contribution in [0.4, 0.5) is 0 Å². The molecule has 192 valence electrons. The number of ketones is 1. The zero-order valence-corrected chi connectivity index (χ0v) is 22.9. The second-order valence-electron chi connectivity index (χ2n) is 9.76. The molecule has 1 aromatic rings. The second-order valence-corrected chi connectivity index (χ2v) is 9.76. The first-order valence-corrected chi connectivity index (χ1v) is 13.0. The van der Waals surface area contributed by atoms with Gasteiger partial charge in [-0.25, -0.2) is 4.98 Å². The molecule has 1 rings (SSSR count). The standard InChI is InChI=1S/C31H46N2O2/c1-25(12-7-13-26(2)15-9-17-28(4)19-11-21-30(6)34)14-8-16-27(3)18-10-20-29(5)31(35)33-23-22-32-24-33/h12,15-16,19-20,22-24H,7-11,13-14,17-18,21H2,1-6H3/b25-12+,26-15+,27-16+,28-19+,29-20+. The van der Waals surface area contributed by atoms with Crippen LogP contribution in [0.2, 0.25) is 0 Å². The molecule has 0 spiro atoms. The van der Waals surface area contributed by atoms with Gasteiger partial charge in [0.05, 0.1) is 0 Å². The minimum Gasteiger partial charge on any atom is -0.300 e. The summed E-state index contributed by atoms with van der Waals surface area (Å²) in [6.45, 7) is 12.3. The number of allylic oxidation sites excluding steroid dienone is 10. The highest BCUT2D eigenvalue weighted by atomic mass is 16.2. The van der Waals surface area contributed by atoms with Crippen molar-refractivity contribution in [2.24, 2.45) is 0 Å². The van der Waals surface area contributed by atoms with Crippen molar-refractivity contribution >= 4 is 11.7 Å². The summed E-state index contributed by atoms with van der Waals surface area (Å²) in [5.74, 6) is 0.252. The topological polar surface area (TPSA) is 52.0 Å². The fraction of sp³-hybridized carbons (Fsp3) is 0.516. The van der Waals surface area contributed by atoms with Crippen LogP contribution in [0.25, 0.3) is 0 Å². The first kappa shape index (κ1) is 30.3. The van der Waals surface area contributed by atoms with Gasteiger partial charge in [-0.2, -0.15) is 0 Å². The molecule has 0 radical (unpaired) electrons. The van der Waals surface area contributed by atoms with Crippen LogP contribution in [-0.2, 0) is 4.79 Å². The van der Waals surface area contributed by atoms with Gasteiger partial charge in [0, 0.05) is 24.4 Å². The van der Waals surface area contributed by atoms with Crippen LogP contribution in [0.5, 0.6) is 0 Å². The van der Waals surface area contributed by atoms with E-state index in [0.717, 1.165) is 63.4 Å². The lowest BCUT2D eigenvalue weighted by atomic mass is 10.0. The maximum atomic E-state index is 12.2. The number of hydrogen-bond donors (Lipinski definition) is 0. The van der Waals surface area contributed by atoms with Crippen LogP contribution < -0.4 is 0 Å². The van der Waals surface area contributed by atoms with Crippen LogP contribution >= 0.6 is 0 Å². The molecule has 0 N–H and O–H groups in total. The predicted molar refractivity (Wildman–Crippen MR) is 148 cm³/mol. The molecule has 0 aliphatic carbocycles. The third kappa shape index (κ3) is 15.0. The van der Waals surface area contributed by atoms with E-state index in [1.54, 1.807) is 25.6 Å². The summed E-state index contributed by atoms with van der Waals surface area (Å²) in [4.78, 5) is 27.1. The van der Waals surface area contributed by atoms with Crippen molar-refractivity contribution in [3.63, 3.8) is 0 Å². The summed E-state index contributed by atoms with van der Waals surface area (Å²) in [6.07, 6.45) is 26.0. The van der Waals surface area contributed by atoms with Crippen molar-refractivity contribution in [1.82, 2.24) is 9.55 Å². The Morgan fingerprint density at radius 1 is 0.629 bits per heavy atom. The minimum atomic E-state index is -0.0110. The Bertz CT molecular complexity index is 941. The summed E-state index contributed by atoms with van der Waals surface area (Å²) in [7, 11) is 0. The quantitative estimate of drug-likeness (QED) is 0.176. The number of rotatable bonds is 16. The average molecular weight is 479 g/mol. The molecule has 35 heavy (non-hydrogen) atoms. The van der Waals surface area contributed by atoms with E-state index < -0.39 is 0 Å². The summed E-state index contributed by atoms with van der Waals surface area (Å²) in [5.41, 5.74) is 6.42. The van der Waals surface area contributed by atoms with Crippen LogP contribution in [0.1, 0.15) is 111 Å². The normalized spacial score (nSPS) is 13.9. The zero-order chi connectivity index (χ0) is 26.1. The molecule has 0 aliphatic heterocycles. The average Bonchev–Trinajstić information content (AvgIpc) is 3.33. The van der Waals surface area contributed by atoms with Gasteiger partial charge in [-0.1, -0.05) is 52.7 Å². The minimum absolute atomic E-state index is 0.0110. The lowest BCUT2D eigenvalue weighted by molar-refractivity contribution is -0.116. The molecule has 0 unspecified atom stereocenters. The highest BCUT2D eigenvalue weighted by Gasteiger charge is 2.05. The largest absolute Gasteiger partial charge is 0.300 e. The zero-order valence-electron chi connectivity index (χ0n) is 22.9. The summed E-state index contributed by atoms with van der Waals surface area (Å²) in [5, 5.41) is 0. The number of carbonyl (C=O) groups excluding carboxylic acids is 2. The molecule has 0 saturated carbocycles. The maximum Gasteiger partial charge on any atom is 0.258 e. The highest BCUT2D eigenvalue weighted by Crippen LogP contribution is 2.15. The van der Waals surface area contributed by atoms with Crippen molar-refractivity contribution in [3.8, 4) is 0 Å². The monoisotopic (exact) mass is 478 g/mol. The Balaban J connectivity index is 2.26. The smallest absolute Gasteiger partial charge is 0.258 e. The molecule has 0 aromatic carbocycles. The van der Waals surface area contributed by atoms with Crippen molar-refractivity contribution in [1.29, 1.82) is 0 Å². The van der Waals surface area contributed by atoms with E-state index in [9.17, 15) is 9.59 Å². The van der Waals surface area contributed by atoms with E-state index in [1.165, 1.54) is 26.9 Å². The summed E-state index contributed by atoms with van der Waals surface area (Å²) in [6, 6.07) is 0. The molecule has 0 amide bonds. The van der Waals surface area contributed by atoms with E-state index in [0.29, 0.717) is 6.42 Å². The van der Waals surface area contributed by atoms with Gasteiger partial charge in [-0.05, 0) is 99.3 Å². The molecule has 1 aromatic heterocycles. The van der Waals surface area contributed by atoms with Gasteiger partial charge in [0.1, 0.15) is 12.1 Å². The number of Topliss-reactive ketones (excluding diaryl/α,β-unsaturated/α-hetero) is 1. The van der Waals surface area contributed by atoms with Gasteiger partial charge in [-0.15, -0.1) is 0 Å². The van der Waals surface area contributed by atoms with Crippen LogP contribution in [0, 0.1) is 0 Å². The Labute approximate surface area is 213 Å². The van der Waals surface area contributed by atoms with Gasteiger partial charge in [0.15, 0.2) is 0 Å². The van der Waals surface area contributed by atoms with Crippen molar-refractivity contribution in [2.45, 2.75) is 106 Å². The molecule has 4 heteroatoms. The van der Waals surface area contributed by atoms with Gasteiger partial charge >= 0.3 is 0 Å². The number of imidazole rings is 1. The lowest BCUT2D eigenvalue weighted by Crippen LogP contribution is -2.09. The second kappa shape index (κ2) is 17.7. The van der Waals surface area contributed by atoms with Crippen molar-refractivity contribution < 1.29 is 9.59 Å². The summed E-state index contributed by atoms with van der Waals surface area (Å²) < 4.78 is 1.51. The van der Waals surface area contributed by atoms with Gasteiger partial charge in [0.25, 0.3) is 5.91 Å². The summed E-state index contributed by atoms with van der Waals surface area (Å²) >= 11 is 0. The first-order valence-electron chi connectivity index (χ1n) is 13.0. The van der Waals surface area contributed by atoms with Crippen molar-refractivity contribution in [3.05, 3.63) is 77.0 Å². The number of carbonyl (C=O) groups is 2. The number of hydrogen-bond acceptors (Lipinski definition) is 3. The van der Waals surface area contributed by atoms with E-state index >= 15 is 0 Å². The fourth-order valence-corrected chi connectivity index (χ4v) is 3.76. The molecule has 0 bridgehead atoms. The molecule has 4 nitrogen and oxygen atoms in total. The Morgan fingerprint density at radius 2 is 1.03 bits per heavy atom. The van der Waals surface area contributed by atoms with E-state index in [4.69, 9.17) is 0 Å². The molecular weight excluding hydrogens is 432 g/mol. The van der Waals surface area contributed by atoms with Crippen LogP contribution in [0.3, 0.4) is 0 Å². The molecule has 1 heterocycles. The van der Waals surface area contributed by atoms with E-state index in [2.05, 4.69) is 57.0 Å². The van der Waals surface area contributed by atoms with Crippen molar-refractivity contribution in [2.75, 3.05) is 0 Å². The highest BCUT2D eigenvalue weighted by molar-refractivity contribution is 5.94. The maximum absolute atomic E-state index is 12.2. The fourth-order valence-electron chi connectivity index (χ4n) is 3.76. The molecule has 0 fully saturated rings. The van der Waals surface area contributed by atoms with Gasteiger partial charge in [0.2, 0.25) is 0 Å². The Hall–Kier alpha value is -2.75. The van der Waals surface area contributed by atoms with E-state index in [-0.39, 0.29) is 11.7 Å². The van der Waals surface area contributed by atoms with Gasteiger partial charge in [-0.3, -0.25) is 9.36 Å². The molecule has 0 atom stereocenters. The SMILES string of the molecule is CC(=O)CC/C=C(\C)CC/C=C(\C)CC/C=C(\C)CC/C=C(\C)CC/C=C(\C)C(=O)n1ccnc1. The van der Waals surface area contributed by atoms with Crippen LogP contribution in [-0.4, -0.2) is 21.2 Å². The molecule has 0 aliphatic rings. The Morgan fingerprint density at radius 3 is 1.40 bits per heavy atom. The third-order valence-electron chi connectivity index (χ3n) is 6.15. The van der Waals surface area contributed by atoms with Crippen LogP contribution in [0.15, 0.2) is 77.0 Å². The number of nitrogens with zero attached hydrogens (tertiary/aromatic N) is 2. The third-order valence-corrected chi connectivity index (χ3v) is 6.15. The van der Waals surface area contributed by atoms with Gasteiger partial charge < -0.3 is 4.79 Å². The molecular formula is C31H46N2O2. The Kier molecular flexibility index (Phi) is 15.3. The lowest BCUT2D eigenvalue weighted by Gasteiger charge is -2.04.